The second-order valence-electron chi connectivity index (χ2n) is 6.23. The first-order valence-corrected chi connectivity index (χ1v) is 9.61. The highest BCUT2D eigenvalue weighted by Gasteiger charge is 2.13. The Morgan fingerprint density at radius 3 is 2.92 bits per heavy atom. The molecule has 1 saturated heterocycles. The number of aromatic nitrogens is 3. The number of benzene rings is 1. The maximum atomic E-state index is 12.3. The van der Waals surface area contributed by atoms with Crippen molar-refractivity contribution in [1.29, 1.82) is 0 Å². The van der Waals surface area contributed by atoms with Crippen molar-refractivity contribution in [2.45, 2.75) is 13.1 Å². The molecule has 1 N–H and O–H groups in total. The standard InChI is InChI=1S/C18H21N5O2S/c24-18(19-13-15-2-1-11-26-15)14-3-4-17-16(12-14)20-21-23(17)6-5-22-7-9-25-10-8-22/h1-4,11-12H,5-10,13H2,(H,19,24). The lowest BCUT2D eigenvalue weighted by atomic mass is 10.2. The van der Waals surface area contributed by atoms with Crippen LogP contribution in [-0.2, 0) is 17.8 Å². The van der Waals surface area contributed by atoms with Crippen LogP contribution >= 0.6 is 11.3 Å². The van der Waals surface area contributed by atoms with Gasteiger partial charge in [-0.05, 0) is 29.6 Å². The van der Waals surface area contributed by atoms with E-state index in [9.17, 15) is 4.79 Å². The first-order chi connectivity index (χ1) is 12.8. The molecule has 1 fully saturated rings. The molecule has 0 bridgehead atoms. The second kappa shape index (κ2) is 7.94. The molecular weight excluding hydrogens is 350 g/mol. The SMILES string of the molecule is O=C(NCc1cccs1)c1ccc2c(c1)nnn2CCN1CCOCC1. The average Bonchev–Trinajstić information content (AvgIpc) is 3.34. The topological polar surface area (TPSA) is 72.3 Å². The highest BCUT2D eigenvalue weighted by molar-refractivity contribution is 7.09. The van der Waals surface area contributed by atoms with Gasteiger partial charge >= 0.3 is 0 Å². The fraction of sp³-hybridized carbons (Fsp3) is 0.389. The summed E-state index contributed by atoms with van der Waals surface area (Å²) in [5.41, 5.74) is 2.30. The van der Waals surface area contributed by atoms with Crippen molar-refractivity contribution < 1.29 is 9.53 Å². The summed E-state index contributed by atoms with van der Waals surface area (Å²) in [5, 5.41) is 13.4. The van der Waals surface area contributed by atoms with E-state index in [-0.39, 0.29) is 5.91 Å². The molecule has 7 nitrogen and oxygen atoms in total. The Bertz CT molecular complexity index is 871. The number of thiophene rings is 1. The van der Waals surface area contributed by atoms with Crippen LogP contribution < -0.4 is 5.32 Å². The minimum absolute atomic E-state index is 0.0943. The van der Waals surface area contributed by atoms with Crippen molar-refractivity contribution in [3.63, 3.8) is 0 Å². The van der Waals surface area contributed by atoms with Crippen molar-refractivity contribution in [2.24, 2.45) is 0 Å². The minimum Gasteiger partial charge on any atom is -0.379 e. The number of hydrogen-bond donors (Lipinski definition) is 1. The molecule has 0 aliphatic carbocycles. The normalized spacial score (nSPS) is 15.4. The van der Waals surface area contributed by atoms with E-state index in [1.807, 2.05) is 34.3 Å². The van der Waals surface area contributed by atoms with E-state index in [0.717, 1.165) is 55.3 Å². The summed E-state index contributed by atoms with van der Waals surface area (Å²) in [6.07, 6.45) is 0. The largest absolute Gasteiger partial charge is 0.379 e. The molecule has 0 spiro atoms. The molecule has 3 heterocycles. The van der Waals surface area contributed by atoms with Gasteiger partial charge in [0.05, 0.1) is 31.8 Å². The van der Waals surface area contributed by atoms with Gasteiger partial charge in [0.25, 0.3) is 5.91 Å². The minimum atomic E-state index is -0.0943. The predicted octanol–water partition coefficient (Wildman–Crippen LogP) is 1.75. The van der Waals surface area contributed by atoms with Crippen molar-refractivity contribution in [1.82, 2.24) is 25.2 Å². The molecule has 1 amide bonds. The molecule has 8 heteroatoms. The van der Waals surface area contributed by atoms with Crippen molar-refractivity contribution in [3.05, 3.63) is 46.2 Å². The molecule has 0 radical (unpaired) electrons. The molecule has 136 valence electrons. The highest BCUT2D eigenvalue weighted by Crippen LogP contribution is 2.14. The van der Waals surface area contributed by atoms with Crippen molar-refractivity contribution >= 4 is 28.3 Å². The molecule has 0 atom stereocenters. The zero-order valence-corrected chi connectivity index (χ0v) is 15.2. The van der Waals surface area contributed by atoms with Gasteiger partial charge in [0, 0.05) is 30.1 Å². The first kappa shape index (κ1) is 17.1. The van der Waals surface area contributed by atoms with Gasteiger partial charge in [0.2, 0.25) is 0 Å². The molecule has 4 rings (SSSR count). The summed E-state index contributed by atoms with van der Waals surface area (Å²) in [5.74, 6) is -0.0943. The number of carbonyl (C=O) groups is 1. The van der Waals surface area contributed by atoms with Gasteiger partial charge in [-0.3, -0.25) is 9.69 Å². The molecule has 26 heavy (non-hydrogen) atoms. The maximum Gasteiger partial charge on any atom is 0.251 e. The van der Waals surface area contributed by atoms with E-state index in [2.05, 4.69) is 20.5 Å². The lowest BCUT2D eigenvalue weighted by Crippen LogP contribution is -2.38. The smallest absolute Gasteiger partial charge is 0.251 e. The van der Waals surface area contributed by atoms with Gasteiger partial charge in [0.1, 0.15) is 5.52 Å². The van der Waals surface area contributed by atoms with Gasteiger partial charge in [-0.1, -0.05) is 11.3 Å². The van der Waals surface area contributed by atoms with Crippen molar-refractivity contribution in [2.75, 3.05) is 32.8 Å². The van der Waals surface area contributed by atoms with Crippen LogP contribution in [0, 0.1) is 0 Å². The summed E-state index contributed by atoms with van der Waals surface area (Å²) >= 11 is 1.63. The van der Waals surface area contributed by atoms with Crippen LogP contribution in [0.3, 0.4) is 0 Å². The summed E-state index contributed by atoms with van der Waals surface area (Å²) in [6.45, 7) is 5.75. The van der Waals surface area contributed by atoms with Gasteiger partial charge < -0.3 is 10.1 Å². The third-order valence-electron chi connectivity index (χ3n) is 4.51. The lowest BCUT2D eigenvalue weighted by Gasteiger charge is -2.26. The summed E-state index contributed by atoms with van der Waals surface area (Å²) in [7, 11) is 0. The number of nitrogens with zero attached hydrogens (tertiary/aromatic N) is 4. The number of amides is 1. The number of fused-ring (bicyclic) bond motifs is 1. The van der Waals surface area contributed by atoms with Gasteiger partial charge in [-0.2, -0.15) is 0 Å². The Balaban J connectivity index is 1.40. The predicted molar refractivity (Wildman–Crippen MR) is 100 cm³/mol. The number of carbonyl (C=O) groups excluding carboxylic acids is 1. The molecule has 1 aliphatic heterocycles. The summed E-state index contributed by atoms with van der Waals surface area (Å²) < 4.78 is 7.27. The second-order valence-corrected chi connectivity index (χ2v) is 7.26. The highest BCUT2D eigenvalue weighted by atomic mass is 32.1. The molecule has 0 unspecified atom stereocenters. The van der Waals surface area contributed by atoms with Crippen LogP contribution in [0.25, 0.3) is 11.0 Å². The van der Waals surface area contributed by atoms with Gasteiger partial charge in [-0.15, -0.1) is 16.4 Å². The quantitative estimate of drug-likeness (QED) is 0.715. The molecule has 1 aliphatic rings. The lowest BCUT2D eigenvalue weighted by molar-refractivity contribution is 0.0360. The summed E-state index contributed by atoms with van der Waals surface area (Å²) in [6, 6.07) is 9.55. The third-order valence-corrected chi connectivity index (χ3v) is 5.39. The monoisotopic (exact) mass is 371 g/mol. The first-order valence-electron chi connectivity index (χ1n) is 8.73. The fourth-order valence-electron chi connectivity index (χ4n) is 3.02. The molecule has 2 aromatic heterocycles. The number of ether oxygens (including phenoxy) is 1. The Kier molecular flexibility index (Phi) is 5.24. The van der Waals surface area contributed by atoms with E-state index in [4.69, 9.17) is 4.74 Å². The Labute approximate surface area is 155 Å². The number of rotatable bonds is 6. The van der Waals surface area contributed by atoms with Crippen LogP contribution in [0.4, 0.5) is 0 Å². The van der Waals surface area contributed by atoms with Crippen LogP contribution in [0.5, 0.6) is 0 Å². The number of hydrogen-bond acceptors (Lipinski definition) is 6. The molecular formula is C18H21N5O2S. The van der Waals surface area contributed by atoms with Crippen LogP contribution in [0.2, 0.25) is 0 Å². The third kappa shape index (κ3) is 3.92. The molecule has 3 aromatic rings. The van der Waals surface area contributed by atoms with Gasteiger partial charge in [-0.25, -0.2) is 4.68 Å². The molecule has 1 aromatic carbocycles. The van der Waals surface area contributed by atoms with Gasteiger partial charge in [0.15, 0.2) is 0 Å². The zero-order valence-electron chi connectivity index (χ0n) is 14.4. The summed E-state index contributed by atoms with van der Waals surface area (Å²) in [4.78, 5) is 15.8. The number of morpholine rings is 1. The van der Waals surface area contributed by atoms with E-state index >= 15 is 0 Å². The van der Waals surface area contributed by atoms with E-state index < -0.39 is 0 Å². The van der Waals surface area contributed by atoms with E-state index in [1.165, 1.54) is 0 Å². The molecule has 0 saturated carbocycles. The average molecular weight is 371 g/mol. The Morgan fingerprint density at radius 2 is 2.12 bits per heavy atom. The van der Waals surface area contributed by atoms with Crippen LogP contribution in [0.15, 0.2) is 35.7 Å². The Morgan fingerprint density at radius 1 is 1.23 bits per heavy atom. The maximum absolute atomic E-state index is 12.3. The van der Waals surface area contributed by atoms with E-state index in [1.54, 1.807) is 17.4 Å². The fourth-order valence-corrected chi connectivity index (χ4v) is 3.67. The zero-order chi connectivity index (χ0) is 17.8. The number of nitrogens with one attached hydrogen (secondary N) is 1. The van der Waals surface area contributed by atoms with Crippen LogP contribution in [0.1, 0.15) is 15.2 Å². The Hall–Kier alpha value is -2.29. The van der Waals surface area contributed by atoms with Crippen molar-refractivity contribution in [3.8, 4) is 0 Å². The van der Waals surface area contributed by atoms with E-state index in [0.29, 0.717) is 12.1 Å². The van der Waals surface area contributed by atoms with Crippen LogP contribution in [-0.4, -0.2) is 58.6 Å².